The monoisotopic (exact) mass is 309 g/mol. The van der Waals surface area contributed by atoms with E-state index in [1.807, 2.05) is 0 Å². The summed E-state index contributed by atoms with van der Waals surface area (Å²) in [7, 11) is 0. The van der Waals surface area contributed by atoms with Crippen molar-refractivity contribution in [2.45, 2.75) is 18.9 Å². The number of benzene rings is 2. The number of rotatable bonds is 3. The molecule has 3 rings (SSSR count). The average molecular weight is 309 g/mol. The third-order valence-electron chi connectivity index (χ3n) is 3.97. The molecule has 1 heterocycles. The Morgan fingerprint density at radius 1 is 1.04 bits per heavy atom. The molecule has 0 aliphatic carbocycles. The minimum Gasteiger partial charge on any atom is -0.375 e. The lowest BCUT2D eigenvalue weighted by atomic mass is 9.88. The normalized spacial score (nSPS) is 19.6. The standard InChI is InChI=1S/C18H15NO4/c1-12(20)19-15-10-6-5-9-14(15)18(23,17(19)22)11-16(21)13-7-3-2-4-8-13/h2-10,23H,11H2,1H3. The third kappa shape index (κ3) is 2.35. The molecule has 1 atom stereocenters. The van der Waals surface area contributed by atoms with E-state index in [4.69, 9.17) is 0 Å². The number of ketones is 1. The van der Waals surface area contributed by atoms with Gasteiger partial charge in [-0.25, -0.2) is 4.90 Å². The average Bonchev–Trinajstić information content (AvgIpc) is 2.77. The van der Waals surface area contributed by atoms with Gasteiger partial charge in [-0.2, -0.15) is 0 Å². The van der Waals surface area contributed by atoms with Gasteiger partial charge in [0.05, 0.1) is 12.1 Å². The predicted molar refractivity (Wildman–Crippen MR) is 83.9 cm³/mol. The van der Waals surface area contributed by atoms with E-state index in [2.05, 4.69) is 0 Å². The van der Waals surface area contributed by atoms with Crippen LogP contribution in [0, 0.1) is 0 Å². The molecule has 5 nitrogen and oxygen atoms in total. The van der Waals surface area contributed by atoms with E-state index < -0.39 is 23.8 Å². The molecule has 1 unspecified atom stereocenters. The summed E-state index contributed by atoms with van der Waals surface area (Å²) in [6, 6.07) is 14.9. The quantitative estimate of drug-likeness (QED) is 0.880. The van der Waals surface area contributed by atoms with Gasteiger partial charge < -0.3 is 5.11 Å². The van der Waals surface area contributed by atoms with Gasteiger partial charge in [0.1, 0.15) is 0 Å². The highest BCUT2D eigenvalue weighted by Crippen LogP contribution is 2.42. The molecule has 116 valence electrons. The van der Waals surface area contributed by atoms with Crippen molar-refractivity contribution < 1.29 is 19.5 Å². The van der Waals surface area contributed by atoms with Gasteiger partial charge >= 0.3 is 0 Å². The number of Topliss-reactive ketones (excluding diaryl/α,β-unsaturated/α-hetero) is 1. The van der Waals surface area contributed by atoms with E-state index in [1.54, 1.807) is 54.6 Å². The number of carbonyl (C=O) groups excluding carboxylic acids is 3. The molecule has 1 aliphatic heterocycles. The zero-order valence-corrected chi connectivity index (χ0v) is 12.5. The lowest BCUT2D eigenvalue weighted by Crippen LogP contribution is -2.43. The van der Waals surface area contributed by atoms with Gasteiger partial charge in [-0.3, -0.25) is 14.4 Å². The maximum Gasteiger partial charge on any atom is 0.270 e. The number of nitrogens with zero attached hydrogens (tertiary/aromatic N) is 1. The van der Waals surface area contributed by atoms with E-state index in [0.717, 1.165) is 4.90 Å². The highest BCUT2D eigenvalue weighted by molar-refractivity contribution is 6.22. The molecule has 0 saturated heterocycles. The molecule has 5 heteroatoms. The van der Waals surface area contributed by atoms with Gasteiger partial charge in [-0.15, -0.1) is 0 Å². The van der Waals surface area contributed by atoms with Crippen LogP contribution >= 0.6 is 0 Å². The summed E-state index contributed by atoms with van der Waals surface area (Å²) in [4.78, 5) is 37.7. The number of carbonyl (C=O) groups is 3. The van der Waals surface area contributed by atoms with Crippen LogP contribution in [0.5, 0.6) is 0 Å². The first kappa shape index (κ1) is 15.1. The minimum atomic E-state index is -2.02. The van der Waals surface area contributed by atoms with E-state index in [9.17, 15) is 19.5 Å². The molecule has 0 saturated carbocycles. The molecule has 23 heavy (non-hydrogen) atoms. The molecule has 0 spiro atoms. The van der Waals surface area contributed by atoms with E-state index in [-0.39, 0.29) is 11.3 Å². The van der Waals surface area contributed by atoms with Crippen LogP contribution in [0.1, 0.15) is 29.3 Å². The topological polar surface area (TPSA) is 74.7 Å². The number of hydrogen-bond donors (Lipinski definition) is 1. The molecule has 2 amide bonds. The van der Waals surface area contributed by atoms with E-state index in [0.29, 0.717) is 11.3 Å². The number of anilines is 1. The molecule has 2 aromatic rings. The maximum atomic E-state index is 12.6. The fourth-order valence-electron chi connectivity index (χ4n) is 2.87. The van der Waals surface area contributed by atoms with E-state index >= 15 is 0 Å². The molecule has 1 aliphatic rings. The number of hydrogen-bond acceptors (Lipinski definition) is 4. The molecular weight excluding hydrogens is 294 g/mol. The van der Waals surface area contributed by atoms with Crippen LogP contribution in [0.3, 0.4) is 0 Å². The van der Waals surface area contributed by atoms with Gasteiger partial charge in [0.2, 0.25) is 5.91 Å². The Morgan fingerprint density at radius 3 is 2.30 bits per heavy atom. The van der Waals surface area contributed by atoms with Crippen molar-refractivity contribution in [3.8, 4) is 0 Å². The van der Waals surface area contributed by atoms with Crippen molar-refractivity contribution in [1.29, 1.82) is 0 Å². The summed E-state index contributed by atoms with van der Waals surface area (Å²) in [5.41, 5.74) is -1.000. The van der Waals surface area contributed by atoms with Gasteiger partial charge in [0, 0.05) is 18.1 Å². The number of imide groups is 1. The van der Waals surface area contributed by atoms with Crippen molar-refractivity contribution in [2.75, 3.05) is 4.90 Å². The smallest absolute Gasteiger partial charge is 0.270 e. The van der Waals surface area contributed by atoms with Crippen LogP contribution in [0.4, 0.5) is 5.69 Å². The predicted octanol–water partition coefficient (Wildman–Crippen LogP) is 2.04. The van der Waals surface area contributed by atoms with E-state index in [1.165, 1.54) is 6.92 Å². The Morgan fingerprint density at radius 2 is 1.65 bits per heavy atom. The van der Waals surface area contributed by atoms with Crippen molar-refractivity contribution in [1.82, 2.24) is 0 Å². The van der Waals surface area contributed by atoms with Crippen LogP contribution in [-0.4, -0.2) is 22.7 Å². The fraction of sp³-hybridized carbons (Fsp3) is 0.167. The highest BCUT2D eigenvalue weighted by atomic mass is 16.3. The summed E-state index contributed by atoms with van der Waals surface area (Å²) in [6.07, 6.45) is -0.406. The number of para-hydroxylation sites is 1. The lowest BCUT2D eigenvalue weighted by molar-refractivity contribution is -0.138. The number of fused-ring (bicyclic) bond motifs is 1. The summed E-state index contributed by atoms with van der Waals surface area (Å²) >= 11 is 0. The largest absolute Gasteiger partial charge is 0.375 e. The first-order chi connectivity index (χ1) is 10.9. The zero-order valence-electron chi connectivity index (χ0n) is 12.5. The Kier molecular flexibility index (Phi) is 3.58. The second-order valence-corrected chi connectivity index (χ2v) is 5.50. The van der Waals surface area contributed by atoms with Gasteiger partial charge in [-0.1, -0.05) is 48.5 Å². The molecule has 2 aromatic carbocycles. The minimum absolute atomic E-state index is 0.282. The lowest BCUT2D eigenvalue weighted by Gasteiger charge is -2.21. The van der Waals surface area contributed by atoms with Gasteiger partial charge in [0.15, 0.2) is 11.4 Å². The van der Waals surface area contributed by atoms with Gasteiger partial charge in [-0.05, 0) is 6.07 Å². The highest BCUT2D eigenvalue weighted by Gasteiger charge is 2.52. The van der Waals surface area contributed by atoms with Crippen molar-refractivity contribution >= 4 is 23.3 Å². The summed E-state index contributed by atoms with van der Waals surface area (Å²) in [5.74, 6) is -1.64. The third-order valence-corrected chi connectivity index (χ3v) is 3.97. The number of aliphatic hydroxyl groups is 1. The summed E-state index contributed by atoms with van der Waals surface area (Å²) in [6.45, 7) is 1.25. The second kappa shape index (κ2) is 5.44. The van der Waals surface area contributed by atoms with Crippen molar-refractivity contribution in [3.05, 3.63) is 65.7 Å². The molecule has 0 bridgehead atoms. The molecular formula is C18H15NO4. The van der Waals surface area contributed by atoms with Crippen molar-refractivity contribution in [2.24, 2.45) is 0 Å². The molecule has 0 fully saturated rings. The Hall–Kier alpha value is -2.79. The van der Waals surface area contributed by atoms with Gasteiger partial charge in [0.25, 0.3) is 5.91 Å². The maximum absolute atomic E-state index is 12.6. The van der Waals surface area contributed by atoms with Crippen LogP contribution < -0.4 is 4.90 Å². The van der Waals surface area contributed by atoms with Crippen LogP contribution in [0.2, 0.25) is 0 Å². The summed E-state index contributed by atoms with van der Waals surface area (Å²) in [5, 5.41) is 10.9. The Bertz CT molecular complexity index is 800. The SMILES string of the molecule is CC(=O)N1C(=O)C(O)(CC(=O)c2ccccc2)c2ccccc21. The Balaban J connectivity index is 2.02. The number of amides is 2. The summed E-state index contributed by atoms with van der Waals surface area (Å²) < 4.78 is 0. The Labute approximate surface area is 133 Å². The van der Waals surface area contributed by atoms with Crippen LogP contribution in [0.25, 0.3) is 0 Å². The zero-order chi connectivity index (χ0) is 16.6. The van der Waals surface area contributed by atoms with Crippen molar-refractivity contribution in [3.63, 3.8) is 0 Å². The molecule has 0 aromatic heterocycles. The fourth-order valence-corrected chi connectivity index (χ4v) is 2.87. The van der Waals surface area contributed by atoms with Crippen LogP contribution in [0.15, 0.2) is 54.6 Å². The second-order valence-electron chi connectivity index (χ2n) is 5.50. The first-order valence-corrected chi connectivity index (χ1v) is 7.20. The first-order valence-electron chi connectivity index (χ1n) is 7.20. The molecule has 0 radical (unpaired) electrons. The molecule has 1 N–H and O–H groups in total. The van der Waals surface area contributed by atoms with Crippen LogP contribution in [-0.2, 0) is 15.2 Å².